The number of carbonyl (C=O) groups is 12. The Morgan fingerprint density at radius 3 is 0.362 bits per heavy atom. The minimum atomic E-state index is -2.97. The second kappa shape index (κ2) is 35.4. The number of hydrogen-bond donors (Lipinski definition) is 4. The Bertz CT molecular complexity index is 1150. The Kier molecular flexibility index (Phi) is 48.1. The van der Waals surface area contributed by atoms with E-state index in [1.807, 2.05) is 0 Å². The van der Waals surface area contributed by atoms with Crippen LogP contribution in [0.2, 0.25) is 0 Å². The third-order valence-corrected chi connectivity index (χ3v) is 5.01. The fraction of sp³-hybridized carbons (Fsp3) is 0.500. The van der Waals surface area contributed by atoms with Crippen LogP contribution in [-0.2, 0) is 157 Å². The molecular weight excluding hydrogens is 1090 g/mol. The van der Waals surface area contributed by atoms with Crippen LogP contribution in [0.1, 0.15) is 51.4 Å². The topological polar surface area (TPSA) is 562 Å². The van der Waals surface area contributed by atoms with Gasteiger partial charge >= 0.3 is 99.8 Å². The summed E-state index contributed by atoms with van der Waals surface area (Å²) in [6.07, 6.45) is -10.9. The molecule has 28 nitrogen and oxygen atoms in total. The molecule has 0 aromatic rings. The molecule has 3 radical (unpaired) electrons. The molecule has 0 atom stereocenters. The van der Waals surface area contributed by atoms with E-state index in [-0.39, 0.29) is 99.8 Å². The van der Waals surface area contributed by atoms with Crippen molar-refractivity contribution in [2.75, 3.05) is 0 Å². The number of carbonyl (C=O) groups excluding carboxylic acids is 12. The number of rotatable bonds is 20. The minimum absolute atomic E-state index is 0. The SMILES string of the molecule is O=C([O-])CC(O)(CC(=O)[O-])C(=O)[O-].O=C([O-])CC(O)(CC(=O)[O-])C(=O)[O-].O=C([O-])CC(O)(CC(=O)[O-])C(=O)[O-].O=C([O-])CC(O)(CC(=O)[O-])C(=O)[O-].[Co+2].[Co+2].[Co+2].[Ni+2].[Ni+2].[Ni+2]. The quantitative estimate of drug-likeness (QED) is 0.0822. The van der Waals surface area contributed by atoms with Gasteiger partial charge in [-0.1, -0.05) is 0 Å². The van der Waals surface area contributed by atoms with E-state index in [0.29, 0.717) is 0 Å². The van der Waals surface area contributed by atoms with Crippen LogP contribution in [-0.4, -0.2) is 114 Å². The van der Waals surface area contributed by atoms with Gasteiger partial charge in [0.25, 0.3) is 0 Å². The van der Waals surface area contributed by atoms with E-state index in [2.05, 4.69) is 0 Å². The van der Waals surface area contributed by atoms with Crippen molar-refractivity contribution >= 4 is 71.6 Å². The van der Waals surface area contributed by atoms with E-state index in [1.165, 1.54) is 0 Å². The number of hydrogen-bond acceptors (Lipinski definition) is 28. The molecule has 0 heterocycles. The summed E-state index contributed by atoms with van der Waals surface area (Å²) in [4.78, 5) is 120. The largest absolute Gasteiger partial charge is 2.00 e. The van der Waals surface area contributed by atoms with E-state index >= 15 is 0 Å². The maximum atomic E-state index is 10.1. The molecule has 0 spiro atoms. The van der Waals surface area contributed by atoms with Crippen molar-refractivity contribution in [2.24, 2.45) is 0 Å². The van der Waals surface area contributed by atoms with Crippen molar-refractivity contribution in [1.29, 1.82) is 0 Å². The van der Waals surface area contributed by atoms with Crippen LogP contribution < -0.4 is 61.3 Å². The van der Waals surface area contributed by atoms with Gasteiger partial charge in [0.1, 0.15) is 22.4 Å². The Labute approximate surface area is 382 Å². The van der Waals surface area contributed by atoms with Gasteiger partial charge in [-0.15, -0.1) is 0 Å². The van der Waals surface area contributed by atoms with E-state index in [0.717, 1.165) is 0 Å². The van der Waals surface area contributed by atoms with Crippen molar-refractivity contribution in [1.82, 2.24) is 0 Å². The van der Waals surface area contributed by atoms with Crippen LogP contribution in [0.15, 0.2) is 0 Å². The molecule has 341 valence electrons. The summed E-state index contributed by atoms with van der Waals surface area (Å²) >= 11 is 0. The predicted octanol–water partition coefficient (Wildman–Crippen LogP) is -21.0. The average molecular weight is 1110 g/mol. The van der Waals surface area contributed by atoms with Crippen LogP contribution in [0.5, 0.6) is 0 Å². The third-order valence-electron chi connectivity index (χ3n) is 5.01. The molecular formula is C24H20Co3Ni3O28. The fourth-order valence-electron chi connectivity index (χ4n) is 2.74. The molecule has 4 N–H and O–H groups in total. The first-order valence-corrected chi connectivity index (χ1v) is 12.5. The molecule has 0 aliphatic carbocycles. The summed E-state index contributed by atoms with van der Waals surface area (Å²) in [5.74, 6) is -23.9. The normalized spacial score (nSPS) is 9.72. The van der Waals surface area contributed by atoms with Crippen molar-refractivity contribution in [3.8, 4) is 0 Å². The van der Waals surface area contributed by atoms with Gasteiger partial charge in [-0.05, 0) is 0 Å². The molecule has 0 amide bonds. The molecule has 0 bridgehead atoms. The first-order chi connectivity index (χ1) is 23.1. The van der Waals surface area contributed by atoms with Gasteiger partial charge in [0.15, 0.2) is 0 Å². The first-order valence-electron chi connectivity index (χ1n) is 12.5. The van der Waals surface area contributed by atoms with E-state index < -0.39 is 145 Å². The Balaban J connectivity index is -0.0000000640. The van der Waals surface area contributed by atoms with Gasteiger partial charge in [-0.3, -0.25) is 0 Å². The monoisotopic (exact) mass is 1110 g/mol. The standard InChI is InChI=1S/4C6H8O7.3Co.3Ni/c4*7-3(8)1-6(13,5(11)12)2-4(9)10;;;;;;/h4*13H,1-2H2,(H,7,8)(H,9,10)(H,11,12);;;;;;/q;;;;6*+2/p-12. The Morgan fingerprint density at radius 1 is 0.259 bits per heavy atom. The molecule has 34 heteroatoms. The summed E-state index contributed by atoms with van der Waals surface area (Å²) in [6, 6.07) is 0. The molecule has 0 aromatic carbocycles. The number of aliphatic hydroxyl groups is 4. The van der Waals surface area contributed by atoms with Gasteiger partial charge in [-0.2, -0.15) is 0 Å². The summed E-state index contributed by atoms with van der Waals surface area (Å²) in [5.41, 5.74) is -11.9. The van der Waals surface area contributed by atoms with E-state index in [9.17, 15) is 119 Å². The molecule has 0 aliphatic rings. The van der Waals surface area contributed by atoms with Crippen LogP contribution in [0, 0.1) is 0 Å². The molecule has 58 heavy (non-hydrogen) atoms. The van der Waals surface area contributed by atoms with E-state index in [1.54, 1.807) is 0 Å². The molecule has 0 fully saturated rings. The Hall–Kier alpha value is -3.52. The number of aliphatic carboxylic acids is 12. The maximum absolute atomic E-state index is 10.1. The van der Waals surface area contributed by atoms with Gasteiger partial charge in [-0.25, -0.2) is 0 Å². The second-order valence-corrected chi connectivity index (χ2v) is 9.67. The van der Waals surface area contributed by atoms with Crippen LogP contribution in [0.25, 0.3) is 0 Å². The molecule has 0 saturated carbocycles. The molecule has 0 aromatic heterocycles. The minimum Gasteiger partial charge on any atom is -0.550 e. The zero-order valence-electron chi connectivity index (χ0n) is 27.2. The van der Waals surface area contributed by atoms with Crippen LogP contribution in [0.4, 0.5) is 0 Å². The van der Waals surface area contributed by atoms with Crippen LogP contribution >= 0.6 is 0 Å². The van der Waals surface area contributed by atoms with Crippen molar-refractivity contribution in [2.45, 2.75) is 73.8 Å². The third kappa shape index (κ3) is 38.0. The molecule has 0 unspecified atom stereocenters. The van der Waals surface area contributed by atoms with Gasteiger partial charge in [0.05, 0.1) is 23.9 Å². The van der Waals surface area contributed by atoms with Gasteiger partial charge in [0.2, 0.25) is 0 Å². The zero-order valence-corrected chi connectivity index (χ0v) is 33.3. The Morgan fingerprint density at radius 2 is 0.328 bits per heavy atom. The van der Waals surface area contributed by atoms with E-state index in [4.69, 9.17) is 20.4 Å². The van der Waals surface area contributed by atoms with Crippen LogP contribution in [0.3, 0.4) is 0 Å². The van der Waals surface area contributed by atoms with Gasteiger partial charge < -0.3 is 139 Å². The summed E-state index contributed by atoms with van der Waals surface area (Å²) in [6.45, 7) is 0. The summed E-state index contributed by atoms with van der Waals surface area (Å²) < 4.78 is 0. The number of carboxylic acid groups (broad SMARTS) is 12. The molecule has 0 saturated heterocycles. The van der Waals surface area contributed by atoms with Crippen molar-refractivity contribution in [3.05, 3.63) is 0 Å². The smallest absolute Gasteiger partial charge is 0.550 e. The first kappa shape index (κ1) is 78.8. The predicted molar refractivity (Wildman–Crippen MR) is 117 cm³/mol. The second-order valence-electron chi connectivity index (χ2n) is 9.67. The zero-order chi connectivity index (χ0) is 42.6. The summed E-state index contributed by atoms with van der Waals surface area (Å²) in [5, 5.41) is 156. The molecule has 0 aliphatic heterocycles. The van der Waals surface area contributed by atoms with Crippen molar-refractivity contribution in [3.63, 3.8) is 0 Å². The average Bonchev–Trinajstić information content (AvgIpc) is 2.85. The fourth-order valence-corrected chi connectivity index (χ4v) is 2.74. The maximum Gasteiger partial charge on any atom is 2.00 e. The van der Waals surface area contributed by atoms with Gasteiger partial charge in [0, 0.05) is 99.1 Å². The molecule has 0 rings (SSSR count). The number of carboxylic acids is 12. The summed E-state index contributed by atoms with van der Waals surface area (Å²) in [7, 11) is 0. The van der Waals surface area contributed by atoms with Crippen molar-refractivity contribution < 1.29 is 239 Å².